The monoisotopic (exact) mass is 74.1 g/mol. The van der Waals surface area contributed by atoms with Crippen molar-refractivity contribution in [1.82, 2.24) is 0 Å². The average Bonchev–Trinajstić information content (AvgIpc) is 1.33. The van der Waals surface area contributed by atoms with E-state index >= 15 is 0 Å². The minimum absolute atomic E-state index is 0.880. The van der Waals surface area contributed by atoms with E-state index in [0.29, 0.717) is 0 Å². The van der Waals surface area contributed by atoms with Crippen molar-refractivity contribution in [2.24, 2.45) is 0 Å². The topological polar surface area (TPSA) is 0 Å². The van der Waals surface area contributed by atoms with E-state index in [9.17, 15) is 0 Å². The van der Waals surface area contributed by atoms with E-state index in [2.05, 4.69) is 30.7 Å². The van der Waals surface area contributed by atoms with Crippen molar-refractivity contribution in [2.45, 2.75) is 17.9 Å². The van der Waals surface area contributed by atoms with E-state index in [1.54, 1.807) is 5.57 Å². The Morgan fingerprint density at radius 1 is 2.00 bits per heavy atom. The van der Waals surface area contributed by atoms with Crippen molar-refractivity contribution in [3.05, 3.63) is 11.6 Å². The van der Waals surface area contributed by atoms with E-state index in [4.69, 9.17) is 0 Å². The van der Waals surface area contributed by atoms with E-state index in [-0.39, 0.29) is 0 Å². The summed E-state index contributed by atoms with van der Waals surface area (Å²) in [5.41, 5.74) is 1.56. The fourth-order valence-electron chi connectivity index (χ4n) is 0.960. The van der Waals surface area contributed by atoms with Crippen LogP contribution in [0.15, 0.2) is 11.6 Å². The van der Waals surface area contributed by atoms with Crippen molar-refractivity contribution in [2.75, 3.05) is 0 Å². The van der Waals surface area contributed by atoms with Crippen LogP contribution in [0.5, 0.6) is 0 Å². The van der Waals surface area contributed by atoms with Crippen molar-refractivity contribution < 1.29 is 0 Å². The molecule has 0 aromatic rings. The molecule has 0 fully saturated rings. The van der Waals surface area contributed by atoms with Gasteiger partial charge in [-0.25, -0.2) is 0 Å². The predicted octanol–water partition coefficient (Wildman–Crippen LogP) is 1.29. The first kappa shape index (κ1) is 4.50. The van der Waals surface area contributed by atoms with Gasteiger partial charge >= 0.3 is 47.3 Å². The molecule has 0 nitrogen and oxygen atoms in total. The van der Waals surface area contributed by atoms with Gasteiger partial charge in [0, 0.05) is 0 Å². The zero-order chi connectivity index (χ0) is 4.57. The SMILES string of the molecule is [Li][CH]1C=C(C)C1. The van der Waals surface area contributed by atoms with Crippen LogP contribution in [0.2, 0.25) is 4.59 Å². The van der Waals surface area contributed by atoms with Gasteiger partial charge in [-0.2, -0.15) is 0 Å². The number of allylic oxidation sites excluding steroid dienone is 2. The Morgan fingerprint density at radius 3 is 2.50 bits per heavy atom. The molecule has 1 aliphatic carbocycles. The first-order valence-electron chi connectivity index (χ1n) is 2.46. The zero-order valence-electron chi connectivity index (χ0n) is 4.36. The third-order valence-electron chi connectivity index (χ3n) is 1.21. The summed E-state index contributed by atoms with van der Waals surface area (Å²) >= 11 is 2.24. The van der Waals surface area contributed by atoms with Crippen LogP contribution in [0, 0.1) is 0 Å². The van der Waals surface area contributed by atoms with Gasteiger partial charge in [0.2, 0.25) is 0 Å². The standard InChI is InChI=1S/C5H7.Li/c1-5-3-2-4-5;/h2-3H,4H2,1H3;. The second-order valence-electron chi connectivity index (χ2n) is 2.19. The maximum atomic E-state index is 2.31. The van der Waals surface area contributed by atoms with Crippen molar-refractivity contribution >= 4 is 17.7 Å². The zero-order valence-corrected chi connectivity index (χ0v) is 4.36. The molecule has 0 aromatic heterocycles. The van der Waals surface area contributed by atoms with E-state index < -0.39 is 0 Å². The Morgan fingerprint density at radius 2 is 2.50 bits per heavy atom. The number of hydrogen-bond donors (Lipinski definition) is 0. The van der Waals surface area contributed by atoms with Gasteiger partial charge in [-0.05, 0) is 0 Å². The summed E-state index contributed by atoms with van der Waals surface area (Å²) in [6.45, 7) is 2.18. The van der Waals surface area contributed by atoms with Crippen LogP contribution < -0.4 is 0 Å². The van der Waals surface area contributed by atoms with Crippen LogP contribution in [0.1, 0.15) is 13.3 Å². The molecule has 1 rings (SSSR count). The first-order valence-corrected chi connectivity index (χ1v) is 2.46. The third-order valence-corrected chi connectivity index (χ3v) is 1.21. The molecular formula is C5H7Li. The predicted molar refractivity (Wildman–Crippen MR) is 27.9 cm³/mol. The van der Waals surface area contributed by atoms with Crippen LogP contribution >= 0.6 is 0 Å². The molecule has 0 spiro atoms. The Bertz CT molecular complexity index is 83.9. The average molecular weight is 74.1 g/mol. The van der Waals surface area contributed by atoms with E-state index in [0.717, 1.165) is 4.59 Å². The van der Waals surface area contributed by atoms with Crippen molar-refractivity contribution in [1.29, 1.82) is 0 Å². The van der Waals surface area contributed by atoms with Crippen LogP contribution in [-0.2, 0) is 0 Å². The molecule has 1 aliphatic rings. The molecular weight excluding hydrogens is 67.0 g/mol. The Kier molecular flexibility index (Phi) is 1.08. The first-order chi connectivity index (χ1) is 2.79. The second-order valence-corrected chi connectivity index (χ2v) is 2.19. The Labute approximate surface area is 47.8 Å². The van der Waals surface area contributed by atoms with Gasteiger partial charge in [0.1, 0.15) is 0 Å². The fraction of sp³-hybridized carbons (Fsp3) is 0.600. The molecule has 0 aromatic carbocycles. The second kappa shape index (κ2) is 1.44. The summed E-state index contributed by atoms with van der Waals surface area (Å²) in [6, 6.07) is 0. The molecule has 0 saturated heterocycles. The van der Waals surface area contributed by atoms with Gasteiger partial charge in [-0.3, -0.25) is 0 Å². The molecule has 0 N–H and O–H groups in total. The molecule has 28 valence electrons. The molecule has 0 amide bonds. The van der Waals surface area contributed by atoms with Crippen molar-refractivity contribution in [3.8, 4) is 0 Å². The number of rotatable bonds is 0. The van der Waals surface area contributed by atoms with Gasteiger partial charge in [-0.15, -0.1) is 0 Å². The number of hydrogen-bond acceptors (Lipinski definition) is 0. The molecule has 0 bridgehead atoms. The van der Waals surface area contributed by atoms with Gasteiger partial charge in [0.05, 0.1) is 0 Å². The molecule has 6 heavy (non-hydrogen) atoms. The fourth-order valence-corrected chi connectivity index (χ4v) is 0.960. The molecule has 0 saturated carbocycles. The molecule has 1 heteroatoms. The molecule has 0 radical (unpaired) electrons. The summed E-state index contributed by atoms with van der Waals surface area (Å²) < 4.78 is 0.880. The summed E-state index contributed by atoms with van der Waals surface area (Å²) in [5.74, 6) is 0. The summed E-state index contributed by atoms with van der Waals surface area (Å²) in [4.78, 5) is 0. The van der Waals surface area contributed by atoms with E-state index in [1.807, 2.05) is 0 Å². The summed E-state index contributed by atoms with van der Waals surface area (Å²) in [6.07, 6.45) is 3.64. The Hall–Kier alpha value is 0.337. The van der Waals surface area contributed by atoms with Crippen LogP contribution in [-0.4, -0.2) is 17.7 Å². The van der Waals surface area contributed by atoms with Gasteiger partial charge in [-0.1, -0.05) is 0 Å². The Balaban J connectivity index is 2.46. The summed E-state index contributed by atoms with van der Waals surface area (Å²) in [5, 5.41) is 0. The van der Waals surface area contributed by atoms with Crippen LogP contribution in [0.4, 0.5) is 0 Å². The van der Waals surface area contributed by atoms with Gasteiger partial charge in [0.15, 0.2) is 0 Å². The van der Waals surface area contributed by atoms with Crippen LogP contribution in [0.25, 0.3) is 0 Å². The summed E-state index contributed by atoms with van der Waals surface area (Å²) in [7, 11) is 0. The molecule has 1 unspecified atom stereocenters. The van der Waals surface area contributed by atoms with Gasteiger partial charge < -0.3 is 0 Å². The maximum absolute atomic E-state index is 2.31. The quantitative estimate of drug-likeness (QED) is 0.300. The molecule has 0 heterocycles. The third kappa shape index (κ3) is 0.695. The van der Waals surface area contributed by atoms with Crippen LogP contribution in [0.3, 0.4) is 0 Å². The molecule has 1 atom stereocenters. The van der Waals surface area contributed by atoms with E-state index in [1.165, 1.54) is 6.42 Å². The normalized spacial score (nSPS) is 31.8. The van der Waals surface area contributed by atoms with Crippen molar-refractivity contribution in [3.63, 3.8) is 0 Å². The molecule has 0 aliphatic heterocycles. The minimum atomic E-state index is 0.880. The van der Waals surface area contributed by atoms with Gasteiger partial charge in [0.25, 0.3) is 0 Å².